The van der Waals surface area contributed by atoms with E-state index in [1.807, 2.05) is 13.3 Å². The van der Waals surface area contributed by atoms with Gasteiger partial charge in [-0.15, -0.1) is 0 Å². The zero-order valence-corrected chi connectivity index (χ0v) is 43.9. The molecule has 0 N–H and O–H groups in total. The highest BCUT2D eigenvalue weighted by molar-refractivity contribution is 7.71. The summed E-state index contributed by atoms with van der Waals surface area (Å²) in [7, 11) is -2.60. The number of benzene rings is 10. The Labute approximate surface area is 446 Å². The average Bonchev–Trinajstić information content (AvgIpc) is 3.51. The molecule has 15 rings (SSSR count). The summed E-state index contributed by atoms with van der Waals surface area (Å²) in [5, 5.41) is 5.46. The second-order valence-electron chi connectivity index (χ2n) is 22.3. The third kappa shape index (κ3) is 8.05. The maximum absolute atomic E-state index is 14.0. The van der Waals surface area contributed by atoms with Crippen LogP contribution in [0.25, 0.3) is 100 Å². The lowest BCUT2D eigenvalue weighted by atomic mass is 9.42. The fourth-order valence-corrected chi connectivity index (χ4v) is 15.9. The summed E-state index contributed by atoms with van der Waals surface area (Å²) in [5.74, 6) is 4.74. The van der Waals surface area contributed by atoms with E-state index >= 15 is 0 Å². The predicted octanol–water partition coefficient (Wildman–Crippen LogP) is 17.8. The largest absolute Gasteiger partial charge is 0.319 e. The molecule has 4 aliphatic carbocycles. The molecule has 4 aliphatic rings. The van der Waals surface area contributed by atoms with Gasteiger partial charge in [-0.3, -0.25) is 0 Å². The van der Waals surface area contributed by atoms with Crippen molar-refractivity contribution in [2.75, 3.05) is 13.3 Å². The zero-order valence-electron chi connectivity index (χ0n) is 43.0. The molecule has 4 fully saturated rings. The summed E-state index contributed by atoms with van der Waals surface area (Å²) in [6.45, 7) is 3.81. The number of fused-ring (bicyclic) bond motifs is 2. The lowest BCUT2D eigenvalue weighted by Crippen LogP contribution is -2.56. The van der Waals surface area contributed by atoms with Crippen molar-refractivity contribution >= 4 is 34.0 Å². The predicted molar refractivity (Wildman–Crippen MR) is 316 cm³/mol. The molecule has 0 aliphatic heterocycles. The normalized spacial score (nSPS) is 19.8. The van der Waals surface area contributed by atoms with Crippen molar-refractivity contribution in [3.05, 3.63) is 242 Å². The summed E-state index contributed by atoms with van der Waals surface area (Å²) in [6, 6.07) is 83.2. The van der Waals surface area contributed by atoms with E-state index in [0.717, 1.165) is 72.1 Å². The number of aromatic nitrogens is 3. The van der Waals surface area contributed by atoms with Crippen molar-refractivity contribution in [3.8, 4) is 78.7 Å². The molecule has 0 atom stereocenters. The van der Waals surface area contributed by atoms with Crippen LogP contribution in [0.3, 0.4) is 0 Å². The van der Waals surface area contributed by atoms with Gasteiger partial charge in [0.05, 0.1) is 0 Å². The van der Waals surface area contributed by atoms with Crippen LogP contribution in [-0.4, -0.2) is 28.3 Å². The van der Waals surface area contributed by atoms with Gasteiger partial charge in [-0.2, -0.15) is 0 Å². The van der Waals surface area contributed by atoms with Gasteiger partial charge in [-0.05, 0) is 146 Å². The summed E-state index contributed by atoms with van der Waals surface area (Å²) in [6.07, 6.45) is 6.51. The van der Waals surface area contributed by atoms with Gasteiger partial charge in [0, 0.05) is 27.4 Å². The molecule has 0 saturated heterocycles. The van der Waals surface area contributed by atoms with Crippen LogP contribution in [0.5, 0.6) is 0 Å². The second kappa shape index (κ2) is 18.7. The Bertz CT molecular complexity index is 3910. The Morgan fingerprint density at radius 3 is 0.974 bits per heavy atom. The number of rotatable bonds is 10. The van der Waals surface area contributed by atoms with Crippen molar-refractivity contribution in [1.82, 2.24) is 15.0 Å². The minimum atomic E-state index is -2.60. The Kier molecular flexibility index (Phi) is 11.4. The van der Waals surface area contributed by atoms with Gasteiger partial charge in [0.15, 0.2) is 17.5 Å². The highest BCUT2D eigenvalue weighted by atomic mass is 31.2. The van der Waals surface area contributed by atoms with E-state index in [2.05, 4.69) is 231 Å². The lowest BCUT2D eigenvalue weighted by Gasteiger charge is -2.62. The van der Waals surface area contributed by atoms with E-state index in [1.165, 1.54) is 71.0 Å². The van der Waals surface area contributed by atoms with Crippen molar-refractivity contribution in [3.63, 3.8) is 0 Å². The van der Waals surface area contributed by atoms with Crippen LogP contribution in [0.1, 0.15) is 43.2 Å². The van der Waals surface area contributed by atoms with E-state index in [1.54, 1.807) is 0 Å². The minimum Gasteiger partial charge on any atom is -0.319 e. The molecule has 4 saturated carbocycles. The van der Waals surface area contributed by atoms with Crippen LogP contribution >= 0.6 is 7.14 Å². The topological polar surface area (TPSA) is 55.7 Å². The second-order valence-corrected chi connectivity index (χ2v) is 25.4. The smallest absolute Gasteiger partial charge is 0.164 e. The molecule has 0 amide bonds. The molecule has 10 aromatic carbocycles. The van der Waals surface area contributed by atoms with Gasteiger partial charge >= 0.3 is 0 Å². The summed E-state index contributed by atoms with van der Waals surface area (Å²) >= 11 is 0. The molecule has 1 aromatic heterocycles. The number of hydrogen-bond donors (Lipinski definition) is 0. The third-order valence-corrected chi connectivity index (χ3v) is 19.1. The fourth-order valence-electron chi connectivity index (χ4n) is 14.3. The summed E-state index contributed by atoms with van der Waals surface area (Å²) in [4.78, 5) is 15.7. The first-order valence-electron chi connectivity index (χ1n) is 27.1. The monoisotopic (exact) mass is 999 g/mol. The van der Waals surface area contributed by atoms with Gasteiger partial charge in [0.25, 0.3) is 0 Å². The molecule has 0 spiro atoms. The van der Waals surface area contributed by atoms with E-state index in [-0.39, 0.29) is 5.41 Å². The van der Waals surface area contributed by atoms with Crippen LogP contribution in [0.2, 0.25) is 0 Å². The highest BCUT2D eigenvalue weighted by Gasteiger charge is 2.58. The first kappa shape index (κ1) is 46.5. The van der Waals surface area contributed by atoms with Crippen LogP contribution in [0, 0.1) is 23.7 Å². The van der Waals surface area contributed by atoms with Gasteiger partial charge in [0.2, 0.25) is 0 Å². The van der Waals surface area contributed by atoms with Crippen molar-refractivity contribution in [2.24, 2.45) is 23.7 Å². The first-order valence-corrected chi connectivity index (χ1v) is 29.7. The zero-order chi connectivity index (χ0) is 51.0. The molecule has 368 valence electrons. The van der Waals surface area contributed by atoms with Gasteiger partial charge in [-0.25, -0.2) is 15.0 Å². The Morgan fingerprint density at radius 2 is 0.618 bits per heavy atom. The molecule has 4 bridgehead atoms. The Balaban J connectivity index is 0.845. The molecule has 0 unspecified atom stereocenters. The Hall–Kier alpha value is -8.04. The third-order valence-electron chi connectivity index (χ3n) is 17.5. The minimum absolute atomic E-state index is 0.102. The Morgan fingerprint density at radius 1 is 0.329 bits per heavy atom. The molecule has 11 aromatic rings. The molecule has 5 heteroatoms. The molecule has 76 heavy (non-hydrogen) atoms. The maximum Gasteiger partial charge on any atom is 0.164 e. The van der Waals surface area contributed by atoms with Crippen LogP contribution < -0.4 is 5.30 Å². The van der Waals surface area contributed by atoms with Crippen LogP contribution in [-0.2, 0) is 9.98 Å². The van der Waals surface area contributed by atoms with Crippen LogP contribution in [0.15, 0.2) is 231 Å². The van der Waals surface area contributed by atoms with Gasteiger partial charge in [0.1, 0.15) is 7.14 Å². The fraction of sp³-hybridized carbons (Fsp3) is 0.169. The molecule has 0 radical (unpaired) electrons. The van der Waals surface area contributed by atoms with Gasteiger partial charge in [-0.1, -0.05) is 231 Å². The number of nitrogens with zero attached hydrogens (tertiary/aromatic N) is 3. The first-order chi connectivity index (χ1) is 37.2. The quantitative estimate of drug-likeness (QED) is 0.101. The van der Waals surface area contributed by atoms with E-state index < -0.39 is 7.14 Å². The van der Waals surface area contributed by atoms with Crippen molar-refractivity contribution in [2.45, 2.75) is 37.5 Å². The maximum atomic E-state index is 14.0. The van der Waals surface area contributed by atoms with Crippen molar-refractivity contribution in [1.29, 1.82) is 0 Å². The molecular formula is C71H58N3OP. The molecule has 4 nitrogen and oxygen atoms in total. The van der Waals surface area contributed by atoms with E-state index in [9.17, 15) is 4.57 Å². The SMILES string of the molecule is CP(C)(=O)c1c2ccccc2c(-c2ccc(C3(c4ccc(-c5nc(-c6ccc(-c7ccccc7)cc6)nc(-c6ccc(-c7ccc(-c8ccccc8)cc7)cc6)n5)cc4)C4CC5CC(C4)CC3C5)cc2)c2ccccc12. The number of hydrogen-bond acceptors (Lipinski definition) is 4. The van der Waals surface area contributed by atoms with Crippen molar-refractivity contribution < 1.29 is 4.57 Å². The van der Waals surface area contributed by atoms with Crippen LogP contribution in [0.4, 0.5) is 0 Å². The highest BCUT2D eigenvalue weighted by Crippen LogP contribution is 2.65. The average molecular weight is 1000 g/mol. The van der Waals surface area contributed by atoms with E-state index in [0.29, 0.717) is 29.3 Å². The molecule has 1 heterocycles. The van der Waals surface area contributed by atoms with Gasteiger partial charge < -0.3 is 4.57 Å². The summed E-state index contributed by atoms with van der Waals surface area (Å²) < 4.78 is 14.0. The summed E-state index contributed by atoms with van der Waals surface area (Å²) in [5.41, 5.74) is 15.0. The molecular weight excluding hydrogens is 942 g/mol. The van der Waals surface area contributed by atoms with E-state index in [4.69, 9.17) is 15.0 Å². The lowest BCUT2D eigenvalue weighted by molar-refractivity contribution is -0.0418. The standard InChI is InChI=1S/C71H58N3OP/c1-76(2,75)67-64-19-11-9-17-62(64)66(63-18-10-12-20-65(63)67)54-33-37-58(38-34-54)71(60-42-46-41-47(44-60)45-61(71)43-46)59-39-35-57(36-40-59)70-73-68(55-29-25-51(26-30-55)49-15-7-4-8-16-49)72-69(74-70)56-31-27-53(28-32-56)52-23-21-50(22-24-52)48-13-5-3-6-14-48/h3-40,46-47,60-61H,41-45H2,1-2H3.